The van der Waals surface area contributed by atoms with Gasteiger partial charge in [-0.15, -0.1) is 0 Å². The lowest BCUT2D eigenvalue weighted by Crippen LogP contribution is -2.18. The van der Waals surface area contributed by atoms with Crippen molar-refractivity contribution < 1.29 is 28.0 Å². The predicted octanol–water partition coefficient (Wildman–Crippen LogP) is 2.91. The Morgan fingerprint density at radius 1 is 1.40 bits per heavy atom. The fourth-order valence-corrected chi connectivity index (χ4v) is 1.33. The van der Waals surface area contributed by atoms with Gasteiger partial charge in [0, 0.05) is 17.7 Å². The van der Waals surface area contributed by atoms with Gasteiger partial charge in [0.15, 0.2) is 0 Å². The normalized spacial score (nSPS) is 11.5. The second-order valence-corrected chi connectivity index (χ2v) is 4.29. The van der Waals surface area contributed by atoms with Crippen LogP contribution in [0.15, 0.2) is 12.1 Å². The Hall–Kier alpha value is -2.32. The molecule has 0 aliphatic rings. The molecule has 6 nitrogen and oxygen atoms in total. The van der Waals surface area contributed by atoms with Crippen LogP contribution in [0.4, 0.5) is 24.5 Å². The van der Waals surface area contributed by atoms with Gasteiger partial charge in [-0.1, -0.05) is 13.8 Å². The summed E-state index contributed by atoms with van der Waals surface area (Å²) in [6.07, 6.45) is -4.98. The van der Waals surface area contributed by atoms with E-state index >= 15 is 0 Å². The lowest BCUT2D eigenvalue weighted by atomic mass is 10.1. The minimum Gasteiger partial charge on any atom is -0.502 e. The Kier molecular flexibility index (Phi) is 4.21. The average molecular weight is 292 g/mol. The smallest absolute Gasteiger partial charge is 0.420 e. The number of phenolic OH excluding ortho intramolecular Hbond substituents is 1. The number of alkyl halides is 3. The maximum atomic E-state index is 12.7. The number of hydrogen-bond donors (Lipinski definition) is 2. The first kappa shape index (κ1) is 15.7. The molecule has 0 spiro atoms. The van der Waals surface area contributed by atoms with Crippen molar-refractivity contribution in [2.45, 2.75) is 20.0 Å². The molecule has 2 N–H and O–H groups in total. The van der Waals surface area contributed by atoms with Crippen molar-refractivity contribution in [2.75, 3.05) is 5.32 Å². The Labute approximate surface area is 111 Å². The number of nitro groups is 1. The number of phenols is 1. The van der Waals surface area contributed by atoms with Crippen LogP contribution in [-0.2, 0) is 11.0 Å². The molecule has 0 aromatic heterocycles. The van der Waals surface area contributed by atoms with E-state index in [1.54, 1.807) is 0 Å². The highest BCUT2D eigenvalue weighted by molar-refractivity contribution is 5.92. The third-order valence-electron chi connectivity index (χ3n) is 2.38. The minimum atomic E-state index is -4.98. The molecule has 0 bridgehead atoms. The van der Waals surface area contributed by atoms with Gasteiger partial charge in [-0.25, -0.2) is 0 Å². The van der Waals surface area contributed by atoms with Crippen molar-refractivity contribution in [1.29, 1.82) is 0 Å². The molecular formula is C11H11F3N2O4. The van der Waals surface area contributed by atoms with Crippen LogP contribution in [0.1, 0.15) is 19.4 Å². The van der Waals surface area contributed by atoms with Crippen LogP contribution < -0.4 is 5.32 Å². The number of nitrogens with one attached hydrogen (secondary N) is 1. The van der Waals surface area contributed by atoms with Crippen molar-refractivity contribution in [3.05, 3.63) is 27.8 Å². The van der Waals surface area contributed by atoms with Crippen LogP contribution >= 0.6 is 0 Å². The van der Waals surface area contributed by atoms with Crippen LogP contribution in [-0.4, -0.2) is 15.9 Å². The van der Waals surface area contributed by atoms with Gasteiger partial charge in [0.05, 0.1) is 4.92 Å². The summed E-state index contributed by atoms with van der Waals surface area (Å²) in [4.78, 5) is 20.9. The Morgan fingerprint density at radius 2 is 1.95 bits per heavy atom. The highest BCUT2D eigenvalue weighted by atomic mass is 19.4. The molecule has 110 valence electrons. The number of carbonyl (C=O) groups is 1. The van der Waals surface area contributed by atoms with Gasteiger partial charge in [0.25, 0.3) is 0 Å². The van der Waals surface area contributed by atoms with E-state index in [9.17, 15) is 33.2 Å². The number of carbonyl (C=O) groups excluding carboxylic acids is 1. The van der Waals surface area contributed by atoms with E-state index in [1.165, 1.54) is 13.8 Å². The van der Waals surface area contributed by atoms with Gasteiger partial charge in [0.2, 0.25) is 11.7 Å². The molecule has 0 saturated heterocycles. The van der Waals surface area contributed by atoms with E-state index in [2.05, 4.69) is 5.32 Å². The van der Waals surface area contributed by atoms with Crippen molar-refractivity contribution >= 4 is 17.3 Å². The molecule has 1 aromatic rings. The van der Waals surface area contributed by atoms with Gasteiger partial charge in [-0.05, 0) is 6.07 Å². The van der Waals surface area contributed by atoms with Crippen LogP contribution in [0.3, 0.4) is 0 Å². The van der Waals surface area contributed by atoms with Gasteiger partial charge in [-0.2, -0.15) is 13.2 Å². The molecule has 0 atom stereocenters. The van der Waals surface area contributed by atoms with E-state index in [4.69, 9.17) is 0 Å². The zero-order valence-electron chi connectivity index (χ0n) is 10.5. The van der Waals surface area contributed by atoms with E-state index in [1.807, 2.05) is 0 Å². The highest BCUT2D eigenvalue weighted by Gasteiger charge is 2.38. The van der Waals surface area contributed by atoms with Crippen LogP contribution in [0.25, 0.3) is 0 Å². The summed E-state index contributed by atoms with van der Waals surface area (Å²) in [5, 5.41) is 22.0. The Morgan fingerprint density at radius 3 is 2.35 bits per heavy atom. The van der Waals surface area contributed by atoms with Gasteiger partial charge < -0.3 is 10.4 Å². The fraction of sp³-hybridized carbons (Fsp3) is 0.364. The van der Waals surface area contributed by atoms with Gasteiger partial charge in [0.1, 0.15) is 5.56 Å². The molecule has 20 heavy (non-hydrogen) atoms. The van der Waals surface area contributed by atoms with Gasteiger partial charge >= 0.3 is 11.9 Å². The minimum absolute atomic E-state index is 0.402. The molecule has 9 heteroatoms. The number of benzene rings is 1. The summed E-state index contributed by atoms with van der Waals surface area (Å²) >= 11 is 0. The first-order valence-electron chi connectivity index (χ1n) is 5.43. The summed E-state index contributed by atoms with van der Waals surface area (Å²) in [7, 11) is 0. The number of aromatic hydroxyl groups is 1. The fourth-order valence-electron chi connectivity index (χ4n) is 1.33. The monoisotopic (exact) mass is 292 g/mol. The van der Waals surface area contributed by atoms with E-state index in [0.29, 0.717) is 12.1 Å². The van der Waals surface area contributed by atoms with Crippen molar-refractivity contribution in [3.8, 4) is 5.75 Å². The molecule has 0 heterocycles. The zero-order chi connectivity index (χ0) is 15.7. The van der Waals surface area contributed by atoms with Crippen molar-refractivity contribution in [1.82, 2.24) is 0 Å². The summed E-state index contributed by atoms with van der Waals surface area (Å²) in [6.45, 7) is 3.02. The largest absolute Gasteiger partial charge is 0.502 e. The number of rotatable bonds is 3. The first-order valence-corrected chi connectivity index (χ1v) is 5.43. The second-order valence-electron chi connectivity index (χ2n) is 4.29. The number of nitro benzene ring substituents is 1. The average Bonchev–Trinajstić information content (AvgIpc) is 2.28. The van der Waals surface area contributed by atoms with Crippen LogP contribution in [0.5, 0.6) is 5.75 Å². The lowest BCUT2D eigenvalue weighted by molar-refractivity contribution is -0.386. The molecular weight excluding hydrogens is 281 g/mol. The molecule has 0 saturated carbocycles. The molecule has 0 aliphatic heterocycles. The molecule has 0 aliphatic carbocycles. The third kappa shape index (κ3) is 3.37. The van der Waals surface area contributed by atoms with Crippen molar-refractivity contribution in [3.63, 3.8) is 0 Å². The maximum Gasteiger partial charge on any atom is 0.420 e. The second kappa shape index (κ2) is 5.35. The molecule has 0 unspecified atom stereocenters. The van der Waals surface area contributed by atoms with Gasteiger partial charge in [-0.3, -0.25) is 14.9 Å². The quantitative estimate of drug-likeness (QED) is 0.509. The standard InChI is InChI=1S/C11H11F3N2O4/c1-5(2)10(18)15-6-3-7(11(12,13)14)9(17)8(4-6)16(19)20/h3-5,17H,1-2H3,(H,15,18). The number of anilines is 1. The molecule has 1 amide bonds. The highest BCUT2D eigenvalue weighted by Crippen LogP contribution is 2.42. The SMILES string of the molecule is CC(C)C(=O)Nc1cc([N+](=O)[O-])c(O)c(C(F)(F)F)c1. The maximum absolute atomic E-state index is 12.7. The Balaban J connectivity index is 3.37. The predicted molar refractivity (Wildman–Crippen MR) is 63.2 cm³/mol. The number of nitrogens with zero attached hydrogens (tertiary/aromatic N) is 1. The lowest BCUT2D eigenvalue weighted by Gasteiger charge is -2.13. The van der Waals surface area contributed by atoms with E-state index < -0.39 is 45.6 Å². The molecule has 1 rings (SSSR count). The molecule has 0 radical (unpaired) electrons. The van der Waals surface area contributed by atoms with E-state index in [0.717, 1.165) is 0 Å². The number of halogens is 3. The Bertz CT molecular complexity index is 555. The topological polar surface area (TPSA) is 92.5 Å². The number of hydrogen-bond acceptors (Lipinski definition) is 4. The molecule has 1 aromatic carbocycles. The van der Waals surface area contributed by atoms with Crippen LogP contribution in [0.2, 0.25) is 0 Å². The third-order valence-corrected chi connectivity index (χ3v) is 2.38. The summed E-state index contributed by atoms with van der Waals surface area (Å²) < 4.78 is 38.0. The summed E-state index contributed by atoms with van der Waals surface area (Å²) in [5.74, 6) is -2.60. The number of amides is 1. The molecule has 0 fully saturated rings. The van der Waals surface area contributed by atoms with Crippen LogP contribution in [0, 0.1) is 16.0 Å². The summed E-state index contributed by atoms with van der Waals surface area (Å²) in [6, 6.07) is 1.12. The zero-order valence-corrected chi connectivity index (χ0v) is 10.5. The summed E-state index contributed by atoms with van der Waals surface area (Å²) in [5.41, 5.74) is -3.11. The first-order chi connectivity index (χ1) is 9.04. The van der Waals surface area contributed by atoms with Crippen molar-refractivity contribution in [2.24, 2.45) is 5.92 Å². The van der Waals surface area contributed by atoms with E-state index in [-0.39, 0.29) is 0 Å².